The molecule has 0 aromatic heterocycles. The average Bonchev–Trinajstić information content (AvgIpc) is 2.28. The smallest absolute Gasteiger partial charge is 0.301 e. The second-order valence-electron chi connectivity index (χ2n) is 6.30. The van der Waals surface area contributed by atoms with Crippen LogP contribution in [0.3, 0.4) is 0 Å². The van der Waals surface area contributed by atoms with Crippen LogP contribution >= 0.6 is 0 Å². The van der Waals surface area contributed by atoms with Crippen molar-refractivity contribution >= 4 is 5.97 Å². The Morgan fingerprint density at radius 1 is 1.11 bits per heavy atom. The molecule has 1 rings (SSSR count). The summed E-state index contributed by atoms with van der Waals surface area (Å²) in [7, 11) is 0. The van der Waals surface area contributed by atoms with Gasteiger partial charge < -0.3 is 4.89 Å². The van der Waals surface area contributed by atoms with E-state index in [0.29, 0.717) is 0 Å². The van der Waals surface area contributed by atoms with Crippen LogP contribution in [-0.2, 0) is 15.1 Å². The summed E-state index contributed by atoms with van der Waals surface area (Å²) < 4.78 is 0. The lowest BCUT2D eigenvalue weighted by molar-refractivity contribution is -0.244. The summed E-state index contributed by atoms with van der Waals surface area (Å²) in [5, 5.41) is 8.73. The van der Waals surface area contributed by atoms with Crippen molar-refractivity contribution in [2.24, 2.45) is 11.3 Å². The second-order valence-corrected chi connectivity index (χ2v) is 6.30. The van der Waals surface area contributed by atoms with Gasteiger partial charge in [0.25, 0.3) is 0 Å². The molecule has 0 amide bonds. The minimum atomic E-state index is -0.587. The normalized spacial score (nSPS) is 14.1. The van der Waals surface area contributed by atoms with Crippen molar-refractivity contribution in [3.63, 3.8) is 0 Å². The standard InChI is InChI=1S/C15H22O3/c1-14(2,3)12(13(16)18-17)15(4,5)11-9-7-6-8-10-11/h6-10,12,17H,1-5H3. The van der Waals surface area contributed by atoms with E-state index in [2.05, 4.69) is 4.89 Å². The van der Waals surface area contributed by atoms with Gasteiger partial charge in [0.2, 0.25) is 0 Å². The fraction of sp³-hybridized carbons (Fsp3) is 0.533. The molecule has 0 heterocycles. The Balaban J connectivity index is 3.24. The Kier molecular flexibility index (Phi) is 4.17. The molecule has 0 aliphatic carbocycles. The molecule has 100 valence electrons. The maximum absolute atomic E-state index is 11.9. The minimum absolute atomic E-state index is 0.306. The van der Waals surface area contributed by atoms with Crippen molar-refractivity contribution in [2.75, 3.05) is 0 Å². The lowest BCUT2D eigenvalue weighted by atomic mass is 9.63. The van der Waals surface area contributed by atoms with Gasteiger partial charge in [-0.15, -0.1) is 0 Å². The van der Waals surface area contributed by atoms with Crippen molar-refractivity contribution in [2.45, 2.75) is 40.0 Å². The zero-order chi connectivity index (χ0) is 14.0. The van der Waals surface area contributed by atoms with Gasteiger partial charge in [0.05, 0.1) is 5.92 Å². The number of hydrogen-bond donors (Lipinski definition) is 1. The number of rotatable bonds is 3. The lowest BCUT2D eigenvalue weighted by Gasteiger charge is -2.40. The highest BCUT2D eigenvalue weighted by atomic mass is 17.1. The first kappa shape index (κ1) is 14.7. The van der Waals surface area contributed by atoms with Gasteiger partial charge in [0.1, 0.15) is 0 Å². The van der Waals surface area contributed by atoms with Crippen LogP contribution in [-0.4, -0.2) is 11.2 Å². The van der Waals surface area contributed by atoms with Gasteiger partial charge in [0.15, 0.2) is 0 Å². The Morgan fingerprint density at radius 3 is 2.00 bits per heavy atom. The van der Waals surface area contributed by atoms with Crippen molar-refractivity contribution in [3.8, 4) is 0 Å². The van der Waals surface area contributed by atoms with E-state index in [1.165, 1.54) is 0 Å². The topological polar surface area (TPSA) is 46.5 Å². The predicted molar refractivity (Wildman–Crippen MR) is 71.1 cm³/mol. The van der Waals surface area contributed by atoms with E-state index in [1.807, 2.05) is 65.0 Å². The van der Waals surface area contributed by atoms with E-state index in [9.17, 15) is 4.79 Å². The van der Waals surface area contributed by atoms with Crippen LogP contribution in [0.15, 0.2) is 30.3 Å². The van der Waals surface area contributed by atoms with Crippen molar-refractivity contribution in [1.82, 2.24) is 0 Å². The molecule has 0 aliphatic rings. The highest BCUT2D eigenvalue weighted by Crippen LogP contribution is 2.42. The first-order valence-corrected chi connectivity index (χ1v) is 6.12. The molecule has 3 heteroatoms. The predicted octanol–water partition coefficient (Wildman–Crippen LogP) is 3.64. The summed E-state index contributed by atoms with van der Waals surface area (Å²) in [4.78, 5) is 15.9. The third kappa shape index (κ3) is 2.91. The average molecular weight is 250 g/mol. The van der Waals surface area contributed by atoms with Gasteiger partial charge in [-0.3, -0.25) is 0 Å². The monoisotopic (exact) mass is 250 g/mol. The summed E-state index contributed by atoms with van der Waals surface area (Å²) in [6.07, 6.45) is 0. The van der Waals surface area contributed by atoms with Crippen LogP contribution in [0.25, 0.3) is 0 Å². The molecular weight excluding hydrogens is 228 g/mol. The van der Waals surface area contributed by atoms with Crippen LogP contribution in [0.4, 0.5) is 0 Å². The zero-order valence-corrected chi connectivity index (χ0v) is 11.7. The van der Waals surface area contributed by atoms with E-state index in [1.54, 1.807) is 0 Å². The van der Waals surface area contributed by atoms with Gasteiger partial charge in [-0.1, -0.05) is 65.0 Å². The van der Waals surface area contributed by atoms with E-state index in [-0.39, 0.29) is 5.41 Å². The number of hydrogen-bond acceptors (Lipinski definition) is 3. The number of carbonyl (C=O) groups is 1. The van der Waals surface area contributed by atoms with Crippen molar-refractivity contribution in [1.29, 1.82) is 0 Å². The summed E-state index contributed by atoms with van der Waals surface area (Å²) in [5.74, 6) is -1.02. The van der Waals surface area contributed by atoms with Gasteiger partial charge in [-0.2, -0.15) is 5.26 Å². The summed E-state index contributed by atoms with van der Waals surface area (Å²) in [5.41, 5.74) is 0.327. The molecule has 0 fully saturated rings. The van der Waals surface area contributed by atoms with Gasteiger partial charge >= 0.3 is 5.97 Å². The van der Waals surface area contributed by atoms with E-state index < -0.39 is 17.3 Å². The molecule has 0 radical (unpaired) electrons. The summed E-state index contributed by atoms with van der Waals surface area (Å²) in [6, 6.07) is 9.81. The number of carbonyl (C=O) groups excluding carboxylic acids is 1. The van der Waals surface area contributed by atoms with E-state index in [0.717, 1.165) is 5.56 Å². The van der Waals surface area contributed by atoms with Gasteiger partial charge in [0, 0.05) is 5.41 Å². The maximum Gasteiger partial charge on any atom is 0.346 e. The van der Waals surface area contributed by atoms with E-state index in [4.69, 9.17) is 5.26 Å². The maximum atomic E-state index is 11.9. The van der Waals surface area contributed by atoms with E-state index >= 15 is 0 Å². The zero-order valence-electron chi connectivity index (χ0n) is 11.7. The summed E-state index contributed by atoms with van der Waals surface area (Å²) >= 11 is 0. The Hall–Kier alpha value is -1.35. The molecule has 0 aliphatic heterocycles. The molecule has 1 atom stereocenters. The first-order valence-electron chi connectivity index (χ1n) is 6.12. The molecule has 0 saturated heterocycles. The third-order valence-corrected chi connectivity index (χ3v) is 3.43. The lowest BCUT2D eigenvalue weighted by Crippen LogP contribution is -2.43. The van der Waals surface area contributed by atoms with Gasteiger partial charge in [-0.05, 0) is 11.0 Å². The second kappa shape index (κ2) is 5.11. The molecule has 0 saturated carbocycles. The molecular formula is C15H22O3. The van der Waals surface area contributed by atoms with Crippen LogP contribution in [0, 0.1) is 11.3 Å². The van der Waals surface area contributed by atoms with Crippen molar-refractivity contribution < 1.29 is 14.9 Å². The summed E-state index contributed by atoms with van der Waals surface area (Å²) in [6.45, 7) is 9.90. The molecule has 3 nitrogen and oxygen atoms in total. The Labute approximate surface area is 109 Å². The molecule has 1 aromatic rings. The molecule has 0 bridgehead atoms. The molecule has 1 N–H and O–H groups in total. The Morgan fingerprint density at radius 2 is 1.61 bits per heavy atom. The number of benzene rings is 1. The Bertz CT molecular complexity index is 401. The fourth-order valence-electron chi connectivity index (χ4n) is 2.82. The highest BCUT2D eigenvalue weighted by Gasteiger charge is 2.45. The molecule has 18 heavy (non-hydrogen) atoms. The first-order chi connectivity index (χ1) is 8.21. The third-order valence-electron chi connectivity index (χ3n) is 3.43. The minimum Gasteiger partial charge on any atom is -0.301 e. The van der Waals surface area contributed by atoms with Gasteiger partial charge in [-0.25, -0.2) is 4.79 Å². The highest BCUT2D eigenvalue weighted by molar-refractivity contribution is 5.74. The molecule has 1 aromatic carbocycles. The molecule has 1 unspecified atom stereocenters. The van der Waals surface area contributed by atoms with Crippen LogP contribution < -0.4 is 0 Å². The fourth-order valence-corrected chi connectivity index (χ4v) is 2.82. The van der Waals surface area contributed by atoms with Crippen LogP contribution in [0.5, 0.6) is 0 Å². The van der Waals surface area contributed by atoms with Crippen LogP contribution in [0.1, 0.15) is 40.2 Å². The van der Waals surface area contributed by atoms with Crippen molar-refractivity contribution in [3.05, 3.63) is 35.9 Å². The SMILES string of the molecule is CC(C)(C)C(C(=O)OO)C(C)(C)c1ccccc1. The molecule has 0 spiro atoms. The largest absolute Gasteiger partial charge is 0.346 e. The quantitative estimate of drug-likeness (QED) is 0.658. The van der Waals surface area contributed by atoms with Crippen LogP contribution in [0.2, 0.25) is 0 Å².